The van der Waals surface area contributed by atoms with Crippen molar-refractivity contribution in [2.45, 2.75) is 18.5 Å². The summed E-state index contributed by atoms with van der Waals surface area (Å²) in [6.45, 7) is 0. The minimum atomic E-state index is -1.02. The molecule has 4 nitrogen and oxygen atoms in total. The molecule has 0 aliphatic carbocycles. The highest BCUT2D eigenvalue weighted by Gasteiger charge is 2.18. The van der Waals surface area contributed by atoms with Gasteiger partial charge in [-0.2, -0.15) is 0 Å². The Balaban J connectivity index is 2.33. The number of benzene rings is 2. The van der Waals surface area contributed by atoms with Crippen molar-refractivity contribution in [2.75, 3.05) is 0 Å². The van der Waals surface area contributed by atoms with Gasteiger partial charge in [0.1, 0.15) is 6.04 Å². The lowest BCUT2D eigenvalue weighted by Gasteiger charge is -2.16. The summed E-state index contributed by atoms with van der Waals surface area (Å²) in [6.07, 6.45) is 0.226. The van der Waals surface area contributed by atoms with Crippen LogP contribution in [0.2, 0.25) is 0 Å². The van der Waals surface area contributed by atoms with Crippen molar-refractivity contribution in [2.24, 2.45) is 11.5 Å². The predicted molar refractivity (Wildman–Crippen MR) is 71.1 cm³/mol. The highest BCUT2D eigenvalue weighted by atomic mass is 16.4. The van der Waals surface area contributed by atoms with E-state index in [-0.39, 0.29) is 12.5 Å². The number of rotatable bonds is 4. The quantitative estimate of drug-likeness (QED) is 0.762. The van der Waals surface area contributed by atoms with Crippen LogP contribution in [0.3, 0.4) is 0 Å². The molecule has 0 fully saturated rings. The van der Waals surface area contributed by atoms with Gasteiger partial charge in [-0.3, -0.25) is 4.79 Å². The lowest BCUT2D eigenvalue weighted by molar-refractivity contribution is -0.138. The summed E-state index contributed by atoms with van der Waals surface area (Å²) in [6, 6.07) is 12.4. The highest BCUT2D eigenvalue weighted by Crippen LogP contribution is 2.25. The van der Waals surface area contributed by atoms with Crippen LogP contribution in [-0.4, -0.2) is 17.1 Å². The molecule has 0 radical (unpaired) electrons. The molecule has 0 aliphatic heterocycles. The molecule has 0 amide bonds. The number of carboxylic acids is 1. The maximum Gasteiger partial charge on any atom is 0.320 e. The second-order valence-corrected chi connectivity index (χ2v) is 4.36. The minimum absolute atomic E-state index is 0.226. The van der Waals surface area contributed by atoms with Crippen LogP contribution in [0, 0.1) is 0 Å². The van der Waals surface area contributed by atoms with Crippen molar-refractivity contribution in [3.63, 3.8) is 0 Å². The summed E-state index contributed by atoms with van der Waals surface area (Å²) in [5, 5.41) is 10.9. The first kappa shape index (κ1) is 12.5. The molecule has 0 bridgehead atoms. The molecule has 2 aromatic carbocycles. The van der Waals surface area contributed by atoms with Gasteiger partial charge in [0.2, 0.25) is 0 Å². The van der Waals surface area contributed by atoms with E-state index in [0.717, 1.165) is 16.3 Å². The first-order chi connectivity index (χ1) is 8.59. The van der Waals surface area contributed by atoms with E-state index in [9.17, 15) is 4.79 Å². The molecular formula is C14H16N2O2. The minimum Gasteiger partial charge on any atom is -0.480 e. The first-order valence-corrected chi connectivity index (χ1v) is 5.81. The van der Waals surface area contributed by atoms with E-state index in [1.165, 1.54) is 0 Å². The number of aliphatic carboxylic acids is 1. The fourth-order valence-electron chi connectivity index (χ4n) is 2.08. The average Bonchev–Trinajstić information content (AvgIpc) is 2.37. The molecule has 2 unspecified atom stereocenters. The topological polar surface area (TPSA) is 89.3 Å². The maximum atomic E-state index is 10.7. The largest absolute Gasteiger partial charge is 0.480 e. The van der Waals surface area contributed by atoms with Crippen molar-refractivity contribution in [1.82, 2.24) is 0 Å². The van der Waals surface area contributed by atoms with E-state index in [0.29, 0.717) is 0 Å². The molecule has 0 aromatic heterocycles. The van der Waals surface area contributed by atoms with Gasteiger partial charge in [-0.25, -0.2) is 0 Å². The molecule has 2 aromatic rings. The Morgan fingerprint density at radius 1 is 1.11 bits per heavy atom. The Labute approximate surface area is 105 Å². The summed E-state index contributed by atoms with van der Waals surface area (Å²) < 4.78 is 0. The zero-order chi connectivity index (χ0) is 13.1. The summed E-state index contributed by atoms with van der Waals surface area (Å²) >= 11 is 0. The molecule has 0 aliphatic rings. The lowest BCUT2D eigenvalue weighted by atomic mass is 9.95. The monoisotopic (exact) mass is 244 g/mol. The smallest absolute Gasteiger partial charge is 0.320 e. The van der Waals surface area contributed by atoms with Crippen LogP contribution >= 0.6 is 0 Å². The van der Waals surface area contributed by atoms with Crippen molar-refractivity contribution >= 4 is 16.7 Å². The zero-order valence-corrected chi connectivity index (χ0v) is 9.91. The van der Waals surface area contributed by atoms with Crippen molar-refractivity contribution in [3.8, 4) is 0 Å². The maximum absolute atomic E-state index is 10.7. The third-order valence-corrected chi connectivity index (χ3v) is 3.05. The molecule has 94 valence electrons. The number of nitrogens with two attached hydrogens (primary N) is 2. The summed E-state index contributed by atoms with van der Waals surface area (Å²) in [4.78, 5) is 10.7. The van der Waals surface area contributed by atoms with Gasteiger partial charge in [-0.1, -0.05) is 42.5 Å². The van der Waals surface area contributed by atoms with Gasteiger partial charge >= 0.3 is 5.97 Å². The Kier molecular flexibility index (Phi) is 3.60. The SMILES string of the molecule is NC(CC(N)c1cccc2ccccc12)C(=O)O. The summed E-state index contributed by atoms with van der Waals surface area (Å²) in [7, 11) is 0. The molecule has 2 atom stereocenters. The van der Waals surface area contributed by atoms with Gasteiger partial charge in [0.15, 0.2) is 0 Å². The van der Waals surface area contributed by atoms with E-state index in [4.69, 9.17) is 16.6 Å². The van der Waals surface area contributed by atoms with Gasteiger partial charge in [-0.15, -0.1) is 0 Å². The number of hydrogen-bond donors (Lipinski definition) is 3. The third-order valence-electron chi connectivity index (χ3n) is 3.05. The van der Waals surface area contributed by atoms with Gasteiger partial charge < -0.3 is 16.6 Å². The van der Waals surface area contributed by atoms with Crippen LogP contribution in [0.25, 0.3) is 10.8 Å². The average molecular weight is 244 g/mol. The molecule has 2 rings (SSSR count). The zero-order valence-electron chi connectivity index (χ0n) is 9.91. The van der Waals surface area contributed by atoms with Gasteiger partial charge in [0, 0.05) is 6.04 Å². The van der Waals surface area contributed by atoms with E-state index in [2.05, 4.69) is 0 Å². The molecule has 0 saturated carbocycles. The second-order valence-electron chi connectivity index (χ2n) is 4.36. The highest BCUT2D eigenvalue weighted by molar-refractivity contribution is 5.86. The van der Waals surface area contributed by atoms with Crippen molar-refractivity contribution in [1.29, 1.82) is 0 Å². The van der Waals surface area contributed by atoms with Crippen LogP contribution in [0.4, 0.5) is 0 Å². The summed E-state index contributed by atoms with van der Waals surface area (Å²) in [5.41, 5.74) is 12.5. The predicted octanol–water partition coefficient (Wildman–Crippen LogP) is 1.64. The standard InChI is InChI=1S/C14H16N2O2/c15-12(8-13(16)14(17)18)11-7-3-5-9-4-1-2-6-10(9)11/h1-7,12-13H,8,15-16H2,(H,17,18). The Morgan fingerprint density at radius 3 is 2.50 bits per heavy atom. The van der Waals surface area contributed by atoms with Gasteiger partial charge in [0.25, 0.3) is 0 Å². The van der Waals surface area contributed by atoms with Crippen molar-refractivity contribution < 1.29 is 9.90 Å². The Morgan fingerprint density at radius 2 is 1.78 bits per heavy atom. The fraction of sp³-hybridized carbons (Fsp3) is 0.214. The lowest BCUT2D eigenvalue weighted by Crippen LogP contribution is -2.33. The molecule has 4 heteroatoms. The van der Waals surface area contributed by atoms with Crippen LogP contribution in [0.15, 0.2) is 42.5 Å². The molecule has 0 saturated heterocycles. The van der Waals surface area contributed by atoms with Gasteiger partial charge in [0.05, 0.1) is 0 Å². The molecular weight excluding hydrogens is 228 g/mol. The van der Waals surface area contributed by atoms with E-state index < -0.39 is 12.0 Å². The van der Waals surface area contributed by atoms with Crippen LogP contribution in [0.5, 0.6) is 0 Å². The van der Waals surface area contributed by atoms with Crippen LogP contribution in [-0.2, 0) is 4.79 Å². The molecule has 18 heavy (non-hydrogen) atoms. The number of carbonyl (C=O) groups is 1. The van der Waals surface area contributed by atoms with E-state index >= 15 is 0 Å². The van der Waals surface area contributed by atoms with Crippen molar-refractivity contribution in [3.05, 3.63) is 48.0 Å². The number of fused-ring (bicyclic) bond motifs is 1. The third kappa shape index (κ3) is 2.50. The van der Waals surface area contributed by atoms with Crippen LogP contribution < -0.4 is 11.5 Å². The molecule has 0 spiro atoms. The fourth-order valence-corrected chi connectivity index (χ4v) is 2.08. The number of hydrogen-bond acceptors (Lipinski definition) is 3. The Bertz CT molecular complexity index is 563. The van der Waals surface area contributed by atoms with Crippen LogP contribution in [0.1, 0.15) is 18.0 Å². The molecule has 0 heterocycles. The van der Waals surface area contributed by atoms with E-state index in [1.807, 2.05) is 42.5 Å². The van der Waals surface area contributed by atoms with E-state index in [1.54, 1.807) is 0 Å². The second kappa shape index (κ2) is 5.16. The number of carboxylic acid groups (broad SMARTS) is 1. The molecule has 5 N–H and O–H groups in total. The first-order valence-electron chi connectivity index (χ1n) is 5.81. The Hall–Kier alpha value is -1.91. The normalized spacial score (nSPS) is 14.3. The van der Waals surface area contributed by atoms with Gasteiger partial charge in [-0.05, 0) is 22.8 Å². The summed E-state index contributed by atoms with van der Waals surface area (Å²) in [5.74, 6) is -1.02.